The molecule has 4 rings (SSSR count). The van der Waals surface area contributed by atoms with Crippen LogP contribution in [0.15, 0.2) is 0 Å². The zero-order valence-corrected chi connectivity index (χ0v) is 30.7. The van der Waals surface area contributed by atoms with Crippen LogP contribution in [0.3, 0.4) is 0 Å². The highest BCUT2D eigenvalue weighted by Crippen LogP contribution is 2.39. The minimum atomic E-state index is -1.46. The van der Waals surface area contributed by atoms with Crippen molar-refractivity contribution in [1.29, 1.82) is 0 Å². The number of rotatable bonds is 6. The van der Waals surface area contributed by atoms with Crippen LogP contribution in [0.2, 0.25) is 0 Å². The lowest BCUT2D eigenvalue weighted by Gasteiger charge is -2.48. The van der Waals surface area contributed by atoms with Crippen molar-refractivity contribution in [1.82, 2.24) is 19.6 Å². The van der Waals surface area contributed by atoms with Crippen molar-refractivity contribution in [3.63, 3.8) is 0 Å². The van der Waals surface area contributed by atoms with E-state index in [1.165, 1.54) is 0 Å². The van der Waals surface area contributed by atoms with E-state index in [2.05, 4.69) is 16.7 Å². The number of esters is 1. The monoisotopic (exact) mass is 666 g/mol. The van der Waals surface area contributed by atoms with Crippen LogP contribution < -0.4 is 0 Å². The molecule has 10 atom stereocenters. The third-order valence-corrected chi connectivity index (χ3v) is 11.4. The molecule has 0 spiro atoms. The third kappa shape index (κ3) is 8.22. The van der Waals surface area contributed by atoms with Crippen LogP contribution in [0.25, 0.3) is 0 Å². The number of likely N-dealkylation sites (N-methyl/N-ethyl adjacent to an activating group) is 2. The quantitative estimate of drug-likeness (QED) is 0.330. The van der Waals surface area contributed by atoms with Crippen LogP contribution in [0.4, 0.5) is 0 Å². The van der Waals surface area contributed by atoms with E-state index < -0.39 is 41.4 Å². The Morgan fingerprint density at radius 3 is 2.28 bits per heavy atom. The summed E-state index contributed by atoms with van der Waals surface area (Å²) in [7, 11) is 9.54. The van der Waals surface area contributed by atoms with Crippen molar-refractivity contribution in [2.45, 2.75) is 103 Å². The molecule has 270 valence electrons. The van der Waals surface area contributed by atoms with E-state index in [-0.39, 0.29) is 54.2 Å². The second kappa shape index (κ2) is 15.1. The zero-order chi connectivity index (χ0) is 35.0. The van der Waals surface area contributed by atoms with Gasteiger partial charge in [0.2, 0.25) is 5.91 Å². The lowest BCUT2D eigenvalue weighted by atomic mass is 9.74. The molecule has 0 aromatic heterocycles. The fraction of sp³-hybridized carbons (Fsp3) is 0.914. The maximum Gasteiger partial charge on any atom is 0.319 e. The van der Waals surface area contributed by atoms with E-state index in [0.29, 0.717) is 32.5 Å². The molecule has 4 heterocycles. The van der Waals surface area contributed by atoms with Gasteiger partial charge >= 0.3 is 5.97 Å². The molecule has 0 aromatic carbocycles. The maximum atomic E-state index is 14.2. The molecule has 0 aromatic rings. The third-order valence-electron chi connectivity index (χ3n) is 11.4. The molecule has 12 nitrogen and oxygen atoms in total. The Labute approximate surface area is 282 Å². The summed E-state index contributed by atoms with van der Waals surface area (Å²) in [5.41, 5.74) is -2.41. The Hall–Kier alpha value is -1.67. The molecular formula is C35H62N4O8. The Kier molecular flexibility index (Phi) is 12.2. The van der Waals surface area contributed by atoms with Crippen LogP contribution >= 0.6 is 0 Å². The SMILES string of the molecule is CO[C@]1(C)C[C@@H](C)CN(C)C(C2CN(C(=O)C3CCN(C)C3)C2)COC(=O)C(C)(C)C(=O)[C@H](C)[C@H]1O[C@@H]1O[C@H](C)C[C@H](N(C)C)[C@H]1O. The smallest absolute Gasteiger partial charge is 0.319 e. The first-order valence-corrected chi connectivity index (χ1v) is 17.5. The molecule has 1 N–H and O–H groups in total. The Bertz CT molecular complexity index is 1120. The highest BCUT2D eigenvalue weighted by atomic mass is 16.7. The number of hydrogen-bond donors (Lipinski definition) is 1. The Morgan fingerprint density at radius 1 is 1.04 bits per heavy atom. The molecule has 1 amide bonds. The van der Waals surface area contributed by atoms with Crippen LogP contribution in [-0.4, -0.2) is 159 Å². The molecule has 0 aliphatic carbocycles. The minimum Gasteiger partial charge on any atom is -0.463 e. The number of carbonyl (C=O) groups excluding carboxylic acids is 3. The number of amides is 1. The maximum absolute atomic E-state index is 14.2. The lowest BCUT2D eigenvalue weighted by Crippen LogP contribution is -2.60. The molecule has 0 saturated carbocycles. The van der Waals surface area contributed by atoms with E-state index in [9.17, 15) is 19.5 Å². The standard InChI is InChI=1S/C35H62N4O8/c1-21-15-35(6,44-11)30(47-32-28(40)26(36(7)8)14-22(2)46-32)23(3)29(41)34(4,5)33(43)45-20-27(38(10)16-21)25-18-39(19-25)31(42)24-12-13-37(9)17-24/h21-28,30,32,40H,12-20H2,1-11H3/t21-,22-,23+,24?,26+,27?,28-,30-,32+,35-/m1/s1. The first kappa shape index (κ1) is 38.1. The van der Waals surface area contributed by atoms with Gasteiger partial charge in [0.1, 0.15) is 18.1 Å². The number of ether oxygens (including phenoxy) is 4. The van der Waals surface area contributed by atoms with Crippen molar-refractivity contribution in [3.8, 4) is 0 Å². The number of cyclic esters (lactones) is 1. The van der Waals surface area contributed by atoms with Gasteiger partial charge in [-0.1, -0.05) is 13.8 Å². The van der Waals surface area contributed by atoms with Gasteiger partial charge in [-0.3, -0.25) is 19.3 Å². The predicted molar refractivity (Wildman–Crippen MR) is 178 cm³/mol. The van der Waals surface area contributed by atoms with E-state index in [1.54, 1.807) is 27.9 Å². The van der Waals surface area contributed by atoms with Crippen molar-refractivity contribution < 1.29 is 38.4 Å². The van der Waals surface area contributed by atoms with Crippen molar-refractivity contribution in [2.75, 3.05) is 74.6 Å². The zero-order valence-electron chi connectivity index (χ0n) is 30.7. The summed E-state index contributed by atoms with van der Waals surface area (Å²) in [4.78, 5) is 49.4. The average Bonchev–Trinajstić information content (AvgIpc) is 3.42. The molecule has 47 heavy (non-hydrogen) atoms. The second-order valence-electron chi connectivity index (χ2n) is 16.1. The second-order valence-corrected chi connectivity index (χ2v) is 16.1. The van der Waals surface area contributed by atoms with Crippen molar-refractivity contribution in [3.05, 3.63) is 0 Å². The van der Waals surface area contributed by atoms with Crippen LogP contribution in [0, 0.1) is 29.1 Å². The molecule has 2 unspecified atom stereocenters. The van der Waals surface area contributed by atoms with Gasteiger partial charge in [0.15, 0.2) is 12.1 Å². The van der Waals surface area contributed by atoms with Gasteiger partial charge in [0, 0.05) is 57.2 Å². The summed E-state index contributed by atoms with van der Waals surface area (Å²) in [6, 6.07) is -0.302. The summed E-state index contributed by atoms with van der Waals surface area (Å²) in [6.07, 6.45) is -0.840. The minimum absolute atomic E-state index is 0.0457. The van der Waals surface area contributed by atoms with Crippen molar-refractivity contribution in [2.24, 2.45) is 29.1 Å². The number of Topliss-reactive ketones (excluding diaryl/α,β-unsaturated/α-hetero) is 1. The number of aliphatic hydroxyl groups is 1. The number of hydrogen-bond acceptors (Lipinski definition) is 11. The molecule has 4 saturated heterocycles. The molecule has 0 bridgehead atoms. The number of nitrogens with zero attached hydrogens (tertiary/aromatic N) is 4. The number of aliphatic hydroxyl groups excluding tert-OH is 1. The molecule has 12 heteroatoms. The summed E-state index contributed by atoms with van der Waals surface area (Å²) >= 11 is 0. The molecule has 4 aliphatic rings. The summed E-state index contributed by atoms with van der Waals surface area (Å²) in [5, 5.41) is 11.3. The number of ketones is 1. The van der Waals surface area contributed by atoms with E-state index in [4.69, 9.17) is 18.9 Å². The van der Waals surface area contributed by atoms with Crippen molar-refractivity contribution >= 4 is 17.7 Å². The van der Waals surface area contributed by atoms with Crippen LogP contribution in [0.5, 0.6) is 0 Å². The van der Waals surface area contributed by atoms with Crippen LogP contribution in [-0.2, 0) is 33.3 Å². The van der Waals surface area contributed by atoms with Crippen LogP contribution in [0.1, 0.15) is 60.8 Å². The normalized spacial score (nSPS) is 40.4. The largest absolute Gasteiger partial charge is 0.463 e. The Balaban J connectivity index is 1.58. The first-order valence-electron chi connectivity index (χ1n) is 17.5. The van der Waals surface area contributed by atoms with Gasteiger partial charge in [-0.15, -0.1) is 0 Å². The summed E-state index contributed by atoms with van der Waals surface area (Å²) in [5.74, 6) is -1.19. The van der Waals surface area contributed by atoms with Gasteiger partial charge < -0.3 is 38.8 Å². The molecular weight excluding hydrogens is 604 g/mol. The Morgan fingerprint density at radius 2 is 1.70 bits per heavy atom. The fourth-order valence-corrected chi connectivity index (χ4v) is 8.39. The van der Waals surface area contributed by atoms with E-state index in [1.807, 2.05) is 51.8 Å². The van der Waals surface area contributed by atoms with Gasteiger partial charge in [0.05, 0.1) is 23.7 Å². The number of methoxy groups -OCH3 is 1. The summed E-state index contributed by atoms with van der Waals surface area (Å²) < 4.78 is 25.0. The van der Waals surface area contributed by atoms with Gasteiger partial charge in [-0.25, -0.2) is 0 Å². The highest BCUT2D eigenvalue weighted by molar-refractivity contribution is 6.04. The number of carbonyl (C=O) groups is 3. The van der Waals surface area contributed by atoms with Gasteiger partial charge in [0.25, 0.3) is 0 Å². The van der Waals surface area contributed by atoms with E-state index in [0.717, 1.165) is 19.5 Å². The number of likely N-dealkylation sites (tertiary alicyclic amines) is 2. The topological polar surface area (TPSA) is 121 Å². The average molecular weight is 667 g/mol. The highest BCUT2D eigenvalue weighted by Gasteiger charge is 2.52. The predicted octanol–water partition coefficient (Wildman–Crippen LogP) is 1.73. The van der Waals surface area contributed by atoms with Gasteiger partial charge in [-0.2, -0.15) is 0 Å². The lowest BCUT2D eigenvalue weighted by molar-refractivity contribution is -0.295. The first-order chi connectivity index (χ1) is 21.9. The fourth-order valence-electron chi connectivity index (χ4n) is 8.39. The summed E-state index contributed by atoms with van der Waals surface area (Å²) in [6.45, 7) is 14.8. The molecule has 4 aliphatic heterocycles. The van der Waals surface area contributed by atoms with Gasteiger partial charge in [-0.05, 0) is 87.6 Å². The van der Waals surface area contributed by atoms with E-state index >= 15 is 0 Å². The molecule has 0 radical (unpaired) electrons. The molecule has 4 fully saturated rings.